The summed E-state index contributed by atoms with van der Waals surface area (Å²) in [5, 5.41) is 7.73. The molecule has 0 fully saturated rings. The minimum Gasteiger partial charge on any atom is -0.493 e. The summed E-state index contributed by atoms with van der Waals surface area (Å²) in [5.41, 5.74) is 7.54. The summed E-state index contributed by atoms with van der Waals surface area (Å²) in [6, 6.07) is 7.36. The highest BCUT2D eigenvalue weighted by molar-refractivity contribution is 5.44. The van der Waals surface area contributed by atoms with Gasteiger partial charge in [-0.2, -0.15) is 5.10 Å². The lowest BCUT2D eigenvalue weighted by molar-refractivity contribution is 0.371. The number of benzene rings is 1. The number of methoxy groups -OCH3 is 1. The zero-order valence-electron chi connectivity index (χ0n) is 10.4. The molecule has 2 rings (SSSR count). The molecule has 0 spiro atoms. The summed E-state index contributed by atoms with van der Waals surface area (Å²) in [5.74, 6) is 1.66. The maximum absolute atomic E-state index is 5.64. The van der Waals surface area contributed by atoms with E-state index in [1.54, 1.807) is 13.3 Å². The fourth-order valence-corrected chi connectivity index (χ4v) is 1.52. The predicted molar refractivity (Wildman–Crippen MR) is 67.7 cm³/mol. The maximum atomic E-state index is 5.64. The zero-order chi connectivity index (χ0) is 13.0. The fraction of sp³-hybridized carbons (Fsp3) is 0.231. The van der Waals surface area contributed by atoms with Gasteiger partial charge in [0.1, 0.15) is 0 Å². The van der Waals surface area contributed by atoms with Gasteiger partial charge in [0, 0.05) is 12.6 Å². The van der Waals surface area contributed by atoms with Crippen LogP contribution in [0.25, 0.3) is 0 Å². The van der Waals surface area contributed by atoms with Crippen LogP contribution in [0.5, 0.6) is 17.4 Å². The van der Waals surface area contributed by atoms with Crippen molar-refractivity contribution in [3.05, 3.63) is 41.6 Å². The molecule has 1 aromatic carbocycles. The van der Waals surface area contributed by atoms with Gasteiger partial charge in [-0.05, 0) is 30.2 Å². The van der Waals surface area contributed by atoms with Crippen molar-refractivity contribution in [3.8, 4) is 17.4 Å². The molecule has 0 radical (unpaired) electrons. The Hall–Kier alpha value is -2.14. The SMILES string of the molecule is COc1cc(CN)ccc1Oc1cc(C)cnn1. The minimum atomic E-state index is 0.439. The van der Waals surface area contributed by atoms with Gasteiger partial charge in [0.15, 0.2) is 11.5 Å². The highest BCUT2D eigenvalue weighted by Gasteiger charge is 2.07. The van der Waals surface area contributed by atoms with Crippen molar-refractivity contribution in [1.82, 2.24) is 10.2 Å². The Morgan fingerprint density at radius 2 is 2.06 bits per heavy atom. The standard InChI is InChI=1S/C13H15N3O2/c1-9-5-13(16-15-8-9)18-11-4-3-10(7-14)6-12(11)17-2/h3-6,8H,7,14H2,1-2H3. The lowest BCUT2D eigenvalue weighted by Crippen LogP contribution is -1.98. The number of aryl methyl sites for hydroxylation is 1. The molecule has 0 saturated carbocycles. The number of aromatic nitrogens is 2. The second-order valence-electron chi connectivity index (χ2n) is 3.86. The molecule has 0 saturated heterocycles. The highest BCUT2D eigenvalue weighted by atomic mass is 16.5. The summed E-state index contributed by atoms with van der Waals surface area (Å²) in [4.78, 5) is 0. The van der Waals surface area contributed by atoms with Crippen molar-refractivity contribution in [2.75, 3.05) is 7.11 Å². The van der Waals surface area contributed by atoms with Crippen LogP contribution >= 0.6 is 0 Å². The van der Waals surface area contributed by atoms with Crippen molar-refractivity contribution in [3.63, 3.8) is 0 Å². The van der Waals surface area contributed by atoms with E-state index >= 15 is 0 Å². The molecule has 94 valence electrons. The largest absolute Gasteiger partial charge is 0.493 e. The van der Waals surface area contributed by atoms with Gasteiger partial charge in [-0.3, -0.25) is 0 Å². The van der Waals surface area contributed by atoms with E-state index in [1.165, 1.54) is 0 Å². The summed E-state index contributed by atoms with van der Waals surface area (Å²) in [6.07, 6.45) is 1.67. The van der Waals surface area contributed by atoms with Gasteiger partial charge in [-0.1, -0.05) is 6.07 Å². The van der Waals surface area contributed by atoms with Gasteiger partial charge in [-0.25, -0.2) is 0 Å². The number of hydrogen-bond acceptors (Lipinski definition) is 5. The third-order valence-corrected chi connectivity index (χ3v) is 2.45. The van der Waals surface area contributed by atoms with Gasteiger partial charge < -0.3 is 15.2 Å². The minimum absolute atomic E-state index is 0.439. The molecule has 0 amide bonds. The van der Waals surface area contributed by atoms with Crippen molar-refractivity contribution in [2.24, 2.45) is 5.73 Å². The van der Waals surface area contributed by atoms with Crippen molar-refractivity contribution >= 4 is 0 Å². The van der Waals surface area contributed by atoms with E-state index in [2.05, 4.69) is 10.2 Å². The second kappa shape index (κ2) is 5.46. The first-order chi connectivity index (χ1) is 8.72. The van der Waals surface area contributed by atoms with E-state index in [-0.39, 0.29) is 0 Å². The van der Waals surface area contributed by atoms with E-state index in [1.807, 2.05) is 31.2 Å². The third-order valence-electron chi connectivity index (χ3n) is 2.45. The molecule has 0 aliphatic carbocycles. The first-order valence-electron chi connectivity index (χ1n) is 5.57. The molecule has 18 heavy (non-hydrogen) atoms. The van der Waals surface area contributed by atoms with Crippen LogP contribution in [-0.2, 0) is 6.54 Å². The average Bonchev–Trinajstić information content (AvgIpc) is 2.39. The molecule has 0 aliphatic heterocycles. The zero-order valence-corrected chi connectivity index (χ0v) is 10.4. The molecular formula is C13H15N3O2. The van der Waals surface area contributed by atoms with Crippen molar-refractivity contribution < 1.29 is 9.47 Å². The number of nitrogens with two attached hydrogens (primary N) is 1. The quantitative estimate of drug-likeness (QED) is 0.892. The molecule has 5 nitrogen and oxygen atoms in total. The van der Waals surface area contributed by atoms with E-state index in [0.29, 0.717) is 23.9 Å². The van der Waals surface area contributed by atoms with E-state index in [0.717, 1.165) is 11.1 Å². The molecule has 0 unspecified atom stereocenters. The summed E-state index contributed by atoms with van der Waals surface area (Å²) < 4.78 is 10.9. The number of hydrogen-bond donors (Lipinski definition) is 1. The molecule has 0 bridgehead atoms. The monoisotopic (exact) mass is 245 g/mol. The Kier molecular flexibility index (Phi) is 3.74. The van der Waals surface area contributed by atoms with Crippen molar-refractivity contribution in [1.29, 1.82) is 0 Å². The normalized spacial score (nSPS) is 10.2. The van der Waals surface area contributed by atoms with E-state index in [4.69, 9.17) is 15.2 Å². The Labute approximate surface area is 106 Å². The molecule has 1 heterocycles. The average molecular weight is 245 g/mol. The summed E-state index contributed by atoms with van der Waals surface area (Å²) >= 11 is 0. The van der Waals surface area contributed by atoms with Crippen LogP contribution in [-0.4, -0.2) is 17.3 Å². The molecule has 2 N–H and O–H groups in total. The Balaban J connectivity index is 2.28. The van der Waals surface area contributed by atoms with Crippen LogP contribution < -0.4 is 15.2 Å². The van der Waals surface area contributed by atoms with Gasteiger partial charge >= 0.3 is 0 Å². The summed E-state index contributed by atoms with van der Waals surface area (Å²) in [7, 11) is 1.59. The van der Waals surface area contributed by atoms with Gasteiger partial charge in [0.05, 0.1) is 13.3 Å². The Bertz CT molecular complexity index is 544. The van der Waals surface area contributed by atoms with Gasteiger partial charge in [0.25, 0.3) is 0 Å². The third kappa shape index (κ3) is 2.75. The molecule has 2 aromatic rings. The van der Waals surface area contributed by atoms with Crippen LogP contribution in [0.4, 0.5) is 0 Å². The Morgan fingerprint density at radius 3 is 2.72 bits per heavy atom. The number of rotatable bonds is 4. The number of nitrogens with zero attached hydrogens (tertiary/aromatic N) is 2. The maximum Gasteiger partial charge on any atom is 0.239 e. The molecule has 5 heteroatoms. The topological polar surface area (TPSA) is 70.3 Å². The van der Waals surface area contributed by atoms with Crippen LogP contribution in [0.3, 0.4) is 0 Å². The lowest BCUT2D eigenvalue weighted by atomic mass is 10.2. The van der Waals surface area contributed by atoms with Gasteiger partial charge in [-0.15, -0.1) is 5.10 Å². The van der Waals surface area contributed by atoms with Crippen LogP contribution in [0.2, 0.25) is 0 Å². The Morgan fingerprint density at radius 1 is 1.22 bits per heavy atom. The molecule has 0 atom stereocenters. The lowest BCUT2D eigenvalue weighted by Gasteiger charge is -2.10. The second-order valence-corrected chi connectivity index (χ2v) is 3.86. The predicted octanol–water partition coefficient (Wildman–Crippen LogP) is 2.04. The molecular weight excluding hydrogens is 230 g/mol. The van der Waals surface area contributed by atoms with Gasteiger partial charge in [0.2, 0.25) is 5.88 Å². The summed E-state index contributed by atoms with van der Waals surface area (Å²) in [6.45, 7) is 2.39. The first-order valence-corrected chi connectivity index (χ1v) is 5.57. The van der Waals surface area contributed by atoms with E-state index < -0.39 is 0 Å². The molecule has 1 aromatic heterocycles. The number of ether oxygens (including phenoxy) is 2. The van der Waals surface area contributed by atoms with Crippen LogP contribution in [0.15, 0.2) is 30.5 Å². The molecule has 0 aliphatic rings. The fourth-order valence-electron chi connectivity index (χ4n) is 1.52. The van der Waals surface area contributed by atoms with Crippen LogP contribution in [0, 0.1) is 6.92 Å². The first kappa shape index (κ1) is 12.3. The van der Waals surface area contributed by atoms with Crippen LogP contribution in [0.1, 0.15) is 11.1 Å². The smallest absolute Gasteiger partial charge is 0.239 e. The highest BCUT2D eigenvalue weighted by Crippen LogP contribution is 2.31. The van der Waals surface area contributed by atoms with E-state index in [9.17, 15) is 0 Å². The van der Waals surface area contributed by atoms with Crippen molar-refractivity contribution in [2.45, 2.75) is 13.5 Å².